The van der Waals surface area contributed by atoms with Crippen molar-refractivity contribution in [2.24, 2.45) is 0 Å². The van der Waals surface area contributed by atoms with Gasteiger partial charge >= 0.3 is 0 Å². The van der Waals surface area contributed by atoms with Gasteiger partial charge in [0.1, 0.15) is 5.82 Å². The molecule has 0 aliphatic heterocycles. The fourth-order valence-corrected chi connectivity index (χ4v) is 2.23. The third-order valence-corrected chi connectivity index (χ3v) is 3.36. The normalized spacial score (nSPS) is 11.1. The van der Waals surface area contributed by atoms with E-state index in [1.54, 1.807) is 0 Å². The lowest BCUT2D eigenvalue weighted by molar-refractivity contribution is 0.536. The van der Waals surface area contributed by atoms with Crippen LogP contribution >= 0.6 is 0 Å². The second-order valence-electron chi connectivity index (χ2n) is 5.04. The lowest BCUT2D eigenvalue weighted by atomic mass is 10.1. The van der Waals surface area contributed by atoms with Gasteiger partial charge in [0.2, 0.25) is 0 Å². The number of aryl methyl sites for hydroxylation is 1. The summed E-state index contributed by atoms with van der Waals surface area (Å²) in [5.74, 6) is 1.15. The predicted octanol–water partition coefficient (Wildman–Crippen LogP) is 3.66. The number of unbranched alkanes of at least 4 members (excludes halogenated alkanes) is 4. The van der Waals surface area contributed by atoms with Gasteiger partial charge in [0.25, 0.3) is 0 Å². The first-order chi connectivity index (χ1) is 8.79. The van der Waals surface area contributed by atoms with E-state index >= 15 is 0 Å². The predicted molar refractivity (Wildman–Crippen MR) is 77.7 cm³/mol. The van der Waals surface area contributed by atoms with E-state index in [4.69, 9.17) is 0 Å². The zero-order valence-corrected chi connectivity index (χ0v) is 12.3. The van der Waals surface area contributed by atoms with Crippen molar-refractivity contribution < 1.29 is 0 Å². The molecule has 0 spiro atoms. The van der Waals surface area contributed by atoms with Crippen LogP contribution in [0.5, 0.6) is 0 Å². The molecular weight excluding hydrogens is 222 g/mol. The Morgan fingerprint density at radius 2 is 1.89 bits per heavy atom. The molecule has 1 N–H and O–H groups in total. The van der Waals surface area contributed by atoms with Crippen LogP contribution in [0.15, 0.2) is 6.20 Å². The molecule has 0 amide bonds. The number of nitrogens with zero attached hydrogens (tertiary/aromatic N) is 2. The van der Waals surface area contributed by atoms with Crippen LogP contribution in [0.2, 0.25) is 0 Å². The Hall–Kier alpha value is -0.830. The standard InChI is InChI=1S/C15H29N3/c1-4-6-7-8-9-11-18-14(3)17-13-15(18)12-16-10-5-2/h13,16H,4-12H2,1-3H3. The van der Waals surface area contributed by atoms with Crippen LogP contribution in [0.25, 0.3) is 0 Å². The first-order valence-corrected chi connectivity index (χ1v) is 7.51. The maximum atomic E-state index is 4.43. The minimum Gasteiger partial charge on any atom is -0.331 e. The Morgan fingerprint density at radius 1 is 1.11 bits per heavy atom. The van der Waals surface area contributed by atoms with E-state index in [2.05, 4.69) is 35.6 Å². The molecule has 3 heteroatoms. The van der Waals surface area contributed by atoms with E-state index in [0.717, 1.165) is 25.5 Å². The quantitative estimate of drug-likeness (QED) is 0.643. The molecule has 0 radical (unpaired) electrons. The lowest BCUT2D eigenvalue weighted by Crippen LogP contribution is -2.17. The lowest BCUT2D eigenvalue weighted by Gasteiger charge is -2.10. The highest BCUT2D eigenvalue weighted by Gasteiger charge is 2.05. The molecule has 1 aromatic heterocycles. The highest BCUT2D eigenvalue weighted by molar-refractivity contribution is 5.04. The molecule has 0 unspecified atom stereocenters. The summed E-state index contributed by atoms with van der Waals surface area (Å²) in [6, 6.07) is 0. The van der Waals surface area contributed by atoms with Crippen molar-refractivity contribution in [3.8, 4) is 0 Å². The fourth-order valence-electron chi connectivity index (χ4n) is 2.23. The molecule has 0 fully saturated rings. The number of imidazole rings is 1. The summed E-state index contributed by atoms with van der Waals surface area (Å²) in [5, 5.41) is 3.45. The van der Waals surface area contributed by atoms with Gasteiger partial charge in [-0.25, -0.2) is 4.98 Å². The van der Waals surface area contributed by atoms with Gasteiger partial charge in [-0.3, -0.25) is 0 Å². The van der Waals surface area contributed by atoms with E-state index in [0.29, 0.717) is 0 Å². The van der Waals surface area contributed by atoms with Gasteiger partial charge < -0.3 is 9.88 Å². The summed E-state index contributed by atoms with van der Waals surface area (Å²) in [7, 11) is 0. The van der Waals surface area contributed by atoms with Gasteiger partial charge in [0.05, 0.1) is 5.69 Å². The van der Waals surface area contributed by atoms with Crippen LogP contribution in [-0.2, 0) is 13.1 Å². The third-order valence-electron chi connectivity index (χ3n) is 3.36. The van der Waals surface area contributed by atoms with Crippen LogP contribution in [0.4, 0.5) is 0 Å². The molecule has 0 aliphatic carbocycles. The van der Waals surface area contributed by atoms with Gasteiger partial charge in [-0.2, -0.15) is 0 Å². The maximum absolute atomic E-state index is 4.43. The van der Waals surface area contributed by atoms with Crippen molar-refractivity contribution in [2.75, 3.05) is 6.54 Å². The van der Waals surface area contributed by atoms with Gasteiger partial charge in [0.15, 0.2) is 0 Å². The topological polar surface area (TPSA) is 29.9 Å². The average molecular weight is 251 g/mol. The first-order valence-electron chi connectivity index (χ1n) is 7.51. The van der Waals surface area contributed by atoms with Gasteiger partial charge in [0, 0.05) is 19.3 Å². The van der Waals surface area contributed by atoms with Crippen LogP contribution in [0, 0.1) is 6.92 Å². The number of hydrogen-bond donors (Lipinski definition) is 1. The van der Waals surface area contributed by atoms with Crippen LogP contribution in [-0.4, -0.2) is 16.1 Å². The van der Waals surface area contributed by atoms with Crippen molar-refractivity contribution in [1.29, 1.82) is 0 Å². The number of hydrogen-bond acceptors (Lipinski definition) is 2. The van der Waals surface area contributed by atoms with E-state index in [-0.39, 0.29) is 0 Å². The van der Waals surface area contributed by atoms with E-state index in [1.165, 1.54) is 44.2 Å². The summed E-state index contributed by atoms with van der Waals surface area (Å²) >= 11 is 0. The molecule has 0 saturated carbocycles. The molecule has 1 rings (SSSR count). The number of nitrogens with one attached hydrogen (secondary N) is 1. The largest absolute Gasteiger partial charge is 0.331 e. The molecule has 1 heterocycles. The first kappa shape index (κ1) is 15.2. The molecule has 1 aromatic rings. The molecule has 104 valence electrons. The summed E-state index contributed by atoms with van der Waals surface area (Å²) in [6.45, 7) is 9.72. The summed E-state index contributed by atoms with van der Waals surface area (Å²) in [5.41, 5.74) is 1.33. The number of aromatic nitrogens is 2. The Labute approximate surface area is 112 Å². The molecule has 0 aliphatic rings. The average Bonchev–Trinajstić information content (AvgIpc) is 2.71. The zero-order valence-electron chi connectivity index (χ0n) is 12.3. The molecule has 0 atom stereocenters. The minimum atomic E-state index is 0.948. The molecule has 0 saturated heterocycles. The third kappa shape index (κ3) is 5.21. The molecular formula is C15H29N3. The van der Waals surface area contributed by atoms with Crippen molar-refractivity contribution >= 4 is 0 Å². The minimum absolute atomic E-state index is 0.948. The second kappa shape index (κ2) is 9.15. The van der Waals surface area contributed by atoms with Gasteiger partial charge in [-0.1, -0.05) is 39.5 Å². The van der Waals surface area contributed by atoms with Crippen LogP contribution in [0.3, 0.4) is 0 Å². The monoisotopic (exact) mass is 251 g/mol. The smallest absolute Gasteiger partial charge is 0.105 e. The summed E-state index contributed by atoms with van der Waals surface area (Å²) < 4.78 is 2.37. The van der Waals surface area contributed by atoms with Crippen molar-refractivity contribution in [3.05, 3.63) is 17.7 Å². The van der Waals surface area contributed by atoms with Gasteiger partial charge in [-0.15, -0.1) is 0 Å². The Bertz CT molecular complexity index is 318. The van der Waals surface area contributed by atoms with E-state index in [1.807, 2.05) is 6.20 Å². The van der Waals surface area contributed by atoms with E-state index < -0.39 is 0 Å². The Morgan fingerprint density at radius 3 is 2.61 bits per heavy atom. The Balaban J connectivity index is 2.35. The number of rotatable bonds is 10. The van der Waals surface area contributed by atoms with Crippen LogP contribution in [0.1, 0.15) is 63.9 Å². The van der Waals surface area contributed by atoms with Gasteiger partial charge in [-0.05, 0) is 26.3 Å². The second-order valence-corrected chi connectivity index (χ2v) is 5.04. The van der Waals surface area contributed by atoms with Crippen molar-refractivity contribution in [3.63, 3.8) is 0 Å². The van der Waals surface area contributed by atoms with Crippen molar-refractivity contribution in [2.45, 2.75) is 72.4 Å². The zero-order chi connectivity index (χ0) is 13.2. The Kier molecular flexibility index (Phi) is 7.74. The SMILES string of the molecule is CCCCCCCn1c(CNCCC)cnc1C. The molecule has 18 heavy (non-hydrogen) atoms. The molecule has 0 aromatic carbocycles. The highest BCUT2D eigenvalue weighted by Crippen LogP contribution is 2.09. The van der Waals surface area contributed by atoms with Crippen LogP contribution < -0.4 is 5.32 Å². The van der Waals surface area contributed by atoms with Crippen molar-refractivity contribution in [1.82, 2.24) is 14.9 Å². The summed E-state index contributed by atoms with van der Waals surface area (Å²) in [6.07, 6.45) is 9.87. The molecule has 0 bridgehead atoms. The summed E-state index contributed by atoms with van der Waals surface area (Å²) in [4.78, 5) is 4.43. The fraction of sp³-hybridized carbons (Fsp3) is 0.800. The highest BCUT2D eigenvalue weighted by atomic mass is 15.1. The van der Waals surface area contributed by atoms with E-state index in [9.17, 15) is 0 Å². The molecule has 3 nitrogen and oxygen atoms in total. The maximum Gasteiger partial charge on any atom is 0.105 e.